The number of hydrogen-bond acceptors (Lipinski definition) is 3. The molecule has 0 saturated heterocycles. The van der Waals surface area contributed by atoms with Crippen LogP contribution in [0.5, 0.6) is 0 Å². The Morgan fingerprint density at radius 1 is 1.20 bits per heavy atom. The van der Waals surface area contributed by atoms with Crippen molar-refractivity contribution in [2.24, 2.45) is 0 Å². The molecule has 0 aromatic rings. The molecule has 0 aliphatic heterocycles. The monoisotopic (exact) mass is 216 g/mol. The second kappa shape index (κ2) is 10.4. The number of hydrogen-bond donors (Lipinski definition) is 1. The van der Waals surface area contributed by atoms with Crippen molar-refractivity contribution in [2.75, 3.05) is 39.8 Å². The van der Waals surface area contributed by atoms with Crippen LogP contribution in [0.4, 0.5) is 0 Å². The van der Waals surface area contributed by atoms with Crippen molar-refractivity contribution in [1.82, 2.24) is 10.2 Å². The maximum Gasteiger partial charge on any atom is 0.0543 e. The van der Waals surface area contributed by atoms with E-state index in [1.54, 1.807) is 7.11 Å². The number of likely N-dealkylation sites (N-methyl/N-ethyl adjacent to an activating group) is 1. The topological polar surface area (TPSA) is 24.5 Å². The fourth-order valence-corrected chi connectivity index (χ4v) is 1.53. The van der Waals surface area contributed by atoms with E-state index in [1.807, 2.05) is 0 Å². The van der Waals surface area contributed by atoms with E-state index in [4.69, 9.17) is 4.74 Å². The van der Waals surface area contributed by atoms with Crippen LogP contribution in [0.2, 0.25) is 0 Å². The largest absolute Gasteiger partial charge is 0.382 e. The first-order valence-electron chi connectivity index (χ1n) is 6.20. The Kier molecular flexibility index (Phi) is 10.3. The molecule has 0 bridgehead atoms. The number of rotatable bonds is 10. The molecule has 0 amide bonds. The van der Waals surface area contributed by atoms with Crippen LogP contribution in [0.3, 0.4) is 0 Å². The Morgan fingerprint density at radius 3 is 2.40 bits per heavy atom. The van der Waals surface area contributed by atoms with Gasteiger partial charge in [-0.2, -0.15) is 0 Å². The highest BCUT2D eigenvalue weighted by molar-refractivity contribution is 4.57. The minimum Gasteiger partial charge on any atom is -0.382 e. The Hall–Kier alpha value is -0.120. The molecule has 0 aromatic heterocycles. The van der Waals surface area contributed by atoms with Crippen LogP contribution in [-0.4, -0.2) is 50.8 Å². The second-order valence-corrected chi connectivity index (χ2v) is 3.97. The summed E-state index contributed by atoms with van der Waals surface area (Å²) >= 11 is 0. The van der Waals surface area contributed by atoms with Crippen LogP contribution < -0.4 is 5.32 Å². The highest BCUT2D eigenvalue weighted by Gasteiger charge is 1.99. The van der Waals surface area contributed by atoms with Gasteiger partial charge in [-0.15, -0.1) is 0 Å². The van der Waals surface area contributed by atoms with E-state index in [0.717, 1.165) is 39.1 Å². The van der Waals surface area contributed by atoms with Gasteiger partial charge in [0.1, 0.15) is 0 Å². The molecular weight excluding hydrogens is 188 g/mol. The molecule has 0 aliphatic rings. The number of ether oxygens (including phenoxy) is 1. The molecule has 1 unspecified atom stereocenters. The number of nitrogens with one attached hydrogen (secondary N) is 1. The summed E-state index contributed by atoms with van der Waals surface area (Å²) in [5.41, 5.74) is 0. The van der Waals surface area contributed by atoms with E-state index in [1.165, 1.54) is 6.42 Å². The summed E-state index contributed by atoms with van der Waals surface area (Å²) in [5, 5.41) is 3.47. The summed E-state index contributed by atoms with van der Waals surface area (Å²) in [6.07, 6.45) is 2.75. The molecule has 1 N–H and O–H groups in total. The molecule has 0 heterocycles. The highest BCUT2D eigenvalue weighted by Crippen LogP contribution is 1.98. The molecule has 3 heteroatoms. The molecular formula is C12H28N2O. The van der Waals surface area contributed by atoms with Crippen LogP contribution in [0.1, 0.15) is 33.6 Å². The third kappa shape index (κ3) is 8.85. The summed E-state index contributed by atoms with van der Waals surface area (Å²) < 4.78 is 5.19. The van der Waals surface area contributed by atoms with Crippen LogP contribution in [0, 0.1) is 0 Å². The van der Waals surface area contributed by atoms with E-state index >= 15 is 0 Å². The van der Waals surface area contributed by atoms with Gasteiger partial charge in [0.05, 0.1) is 6.10 Å². The highest BCUT2D eigenvalue weighted by atomic mass is 16.5. The molecule has 0 rings (SSSR count). The second-order valence-electron chi connectivity index (χ2n) is 3.97. The van der Waals surface area contributed by atoms with Gasteiger partial charge in [-0.25, -0.2) is 0 Å². The first-order valence-corrected chi connectivity index (χ1v) is 6.20. The molecule has 0 radical (unpaired) electrons. The molecule has 92 valence electrons. The van der Waals surface area contributed by atoms with Crippen LogP contribution in [-0.2, 0) is 4.74 Å². The smallest absolute Gasteiger partial charge is 0.0543 e. The van der Waals surface area contributed by atoms with Gasteiger partial charge in [-0.1, -0.05) is 13.8 Å². The number of methoxy groups -OCH3 is 1. The van der Waals surface area contributed by atoms with Crippen molar-refractivity contribution in [3.63, 3.8) is 0 Å². The van der Waals surface area contributed by atoms with Crippen LogP contribution in [0.25, 0.3) is 0 Å². The SMILES string of the molecule is CCN(CC)CCNCCCC(C)OC. The number of nitrogens with zero attached hydrogens (tertiary/aromatic N) is 1. The zero-order valence-electron chi connectivity index (χ0n) is 10.9. The standard InChI is InChI=1S/C12H28N2O/c1-5-14(6-2)11-10-13-9-7-8-12(3)15-4/h12-13H,5-11H2,1-4H3. The third-order valence-corrected chi connectivity index (χ3v) is 2.87. The van der Waals surface area contributed by atoms with Crippen molar-refractivity contribution >= 4 is 0 Å². The van der Waals surface area contributed by atoms with E-state index in [-0.39, 0.29) is 0 Å². The summed E-state index contributed by atoms with van der Waals surface area (Å²) in [6, 6.07) is 0. The molecule has 1 atom stereocenters. The predicted octanol–water partition coefficient (Wildman–Crippen LogP) is 1.73. The van der Waals surface area contributed by atoms with Crippen molar-refractivity contribution < 1.29 is 4.74 Å². The maximum absolute atomic E-state index is 5.19. The zero-order valence-corrected chi connectivity index (χ0v) is 10.9. The summed E-state index contributed by atoms with van der Waals surface area (Å²) in [6.45, 7) is 12.2. The molecule has 0 aliphatic carbocycles. The first kappa shape index (κ1) is 14.9. The molecule has 15 heavy (non-hydrogen) atoms. The molecule has 0 aromatic carbocycles. The minimum absolute atomic E-state index is 0.398. The summed E-state index contributed by atoms with van der Waals surface area (Å²) in [7, 11) is 1.78. The molecule has 0 spiro atoms. The lowest BCUT2D eigenvalue weighted by molar-refractivity contribution is 0.109. The molecule has 0 saturated carbocycles. The van der Waals surface area contributed by atoms with Gasteiger partial charge in [0.25, 0.3) is 0 Å². The minimum atomic E-state index is 0.398. The third-order valence-electron chi connectivity index (χ3n) is 2.87. The van der Waals surface area contributed by atoms with E-state index in [9.17, 15) is 0 Å². The normalized spacial score (nSPS) is 13.4. The lowest BCUT2D eigenvalue weighted by atomic mass is 10.2. The maximum atomic E-state index is 5.19. The van der Waals surface area contributed by atoms with Gasteiger partial charge in [0.2, 0.25) is 0 Å². The van der Waals surface area contributed by atoms with Crippen LogP contribution in [0.15, 0.2) is 0 Å². The molecule has 0 fully saturated rings. The van der Waals surface area contributed by atoms with Gasteiger partial charge in [-0.05, 0) is 39.4 Å². The Bertz CT molecular complexity index is 127. The molecule has 3 nitrogen and oxygen atoms in total. The van der Waals surface area contributed by atoms with Crippen molar-refractivity contribution in [3.8, 4) is 0 Å². The van der Waals surface area contributed by atoms with Gasteiger partial charge in [0.15, 0.2) is 0 Å². The predicted molar refractivity (Wildman–Crippen MR) is 66.4 cm³/mol. The van der Waals surface area contributed by atoms with Crippen LogP contribution >= 0.6 is 0 Å². The van der Waals surface area contributed by atoms with Crippen molar-refractivity contribution in [1.29, 1.82) is 0 Å². The quantitative estimate of drug-likeness (QED) is 0.563. The van der Waals surface area contributed by atoms with Crippen molar-refractivity contribution in [3.05, 3.63) is 0 Å². The Morgan fingerprint density at radius 2 is 1.87 bits per heavy atom. The fourth-order valence-electron chi connectivity index (χ4n) is 1.53. The van der Waals surface area contributed by atoms with Gasteiger partial charge < -0.3 is 15.0 Å². The Labute approximate surface area is 95.2 Å². The van der Waals surface area contributed by atoms with E-state index < -0.39 is 0 Å². The van der Waals surface area contributed by atoms with Gasteiger partial charge >= 0.3 is 0 Å². The average Bonchev–Trinajstić information content (AvgIpc) is 2.28. The first-order chi connectivity index (χ1) is 7.24. The summed E-state index contributed by atoms with van der Waals surface area (Å²) in [5.74, 6) is 0. The zero-order chi connectivity index (χ0) is 11.5. The fraction of sp³-hybridized carbons (Fsp3) is 1.00. The van der Waals surface area contributed by atoms with E-state index in [2.05, 4.69) is 31.0 Å². The summed E-state index contributed by atoms with van der Waals surface area (Å²) in [4.78, 5) is 2.44. The van der Waals surface area contributed by atoms with E-state index in [0.29, 0.717) is 6.10 Å². The lowest BCUT2D eigenvalue weighted by Gasteiger charge is -2.18. The van der Waals surface area contributed by atoms with Crippen molar-refractivity contribution in [2.45, 2.75) is 39.7 Å². The lowest BCUT2D eigenvalue weighted by Crippen LogP contribution is -2.32. The Balaban J connectivity index is 3.17. The van der Waals surface area contributed by atoms with Gasteiger partial charge in [0, 0.05) is 20.2 Å². The average molecular weight is 216 g/mol. The van der Waals surface area contributed by atoms with Gasteiger partial charge in [-0.3, -0.25) is 0 Å².